The highest BCUT2D eigenvalue weighted by molar-refractivity contribution is 5.85. The second kappa shape index (κ2) is 5.57. The van der Waals surface area contributed by atoms with Gasteiger partial charge >= 0.3 is 0 Å². The molecule has 3 atom stereocenters. The Hall–Kier alpha value is -0.610. The van der Waals surface area contributed by atoms with E-state index >= 15 is 0 Å². The van der Waals surface area contributed by atoms with Gasteiger partial charge in [0.15, 0.2) is 0 Å². The van der Waals surface area contributed by atoms with Gasteiger partial charge in [0.25, 0.3) is 5.91 Å². The van der Waals surface area contributed by atoms with Crippen molar-refractivity contribution < 1.29 is 9.53 Å². The molecular weight excluding hydrogens is 228 g/mol. The molecule has 1 aliphatic carbocycles. The fourth-order valence-corrected chi connectivity index (χ4v) is 3.48. The van der Waals surface area contributed by atoms with E-state index in [2.05, 4.69) is 6.92 Å². The molecule has 3 unspecified atom stereocenters. The Kier molecular flexibility index (Phi) is 4.28. The van der Waals surface area contributed by atoms with Gasteiger partial charge < -0.3 is 15.4 Å². The SMILES string of the molecule is CCN(C(=O)C1(C)CCCO1)C1CCCC1CN. The van der Waals surface area contributed by atoms with E-state index in [4.69, 9.17) is 10.5 Å². The van der Waals surface area contributed by atoms with Gasteiger partial charge in [-0.25, -0.2) is 0 Å². The normalized spacial score (nSPS) is 35.9. The lowest BCUT2D eigenvalue weighted by atomic mass is 9.96. The first kappa shape index (κ1) is 13.8. The predicted molar refractivity (Wildman–Crippen MR) is 71.2 cm³/mol. The van der Waals surface area contributed by atoms with E-state index < -0.39 is 5.60 Å². The largest absolute Gasteiger partial charge is 0.365 e. The first-order chi connectivity index (χ1) is 8.62. The van der Waals surface area contributed by atoms with Gasteiger partial charge in [-0.2, -0.15) is 0 Å². The molecule has 0 bridgehead atoms. The zero-order valence-corrected chi connectivity index (χ0v) is 11.7. The number of amides is 1. The number of nitrogens with two attached hydrogens (primary N) is 1. The molecular formula is C14H26N2O2. The zero-order valence-electron chi connectivity index (χ0n) is 11.7. The molecule has 2 rings (SSSR count). The molecule has 1 heterocycles. The molecule has 2 fully saturated rings. The number of rotatable bonds is 4. The summed E-state index contributed by atoms with van der Waals surface area (Å²) >= 11 is 0. The molecule has 0 spiro atoms. The first-order valence-electron chi connectivity index (χ1n) is 7.27. The summed E-state index contributed by atoms with van der Waals surface area (Å²) in [6.07, 6.45) is 5.28. The van der Waals surface area contributed by atoms with Gasteiger partial charge in [0, 0.05) is 19.2 Å². The van der Waals surface area contributed by atoms with Crippen molar-refractivity contribution in [2.45, 2.75) is 57.6 Å². The van der Waals surface area contributed by atoms with Crippen LogP contribution in [0.15, 0.2) is 0 Å². The maximum absolute atomic E-state index is 12.7. The van der Waals surface area contributed by atoms with Crippen LogP contribution in [0.25, 0.3) is 0 Å². The zero-order chi connectivity index (χ0) is 13.2. The average Bonchev–Trinajstić information content (AvgIpc) is 2.99. The molecule has 4 heteroatoms. The molecule has 0 aromatic rings. The molecule has 104 valence electrons. The Bertz CT molecular complexity index is 300. The van der Waals surface area contributed by atoms with Crippen LogP contribution in [0.5, 0.6) is 0 Å². The van der Waals surface area contributed by atoms with Crippen molar-refractivity contribution >= 4 is 5.91 Å². The summed E-state index contributed by atoms with van der Waals surface area (Å²) < 4.78 is 5.69. The summed E-state index contributed by atoms with van der Waals surface area (Å²) in [7, 11) is 0. The molecule has 4 nitrogen and oxygen atoms in total. The monoisotopic (exact) mass is 254 g/mol. The second-order valence-electron chi connectivity index (χ2n) is 5.77. The Balaban J connectivity index is 2.10. The van der Waals surface area contributed by atoms with Crippen molar-refractivity contribution in [2.75, 3.05) is 19.7 Å². The van der Waals surface area contributed by atoms with Gasteiger partial charge in [-0.3, -0.25) is 4.79 Å². The van der Waals surface area contributed by atoms with Crippen molar-refractivity contribution in [1.82, 2.24) is 4.90 Å². The van der Waals surface area contributed by atoms with Crippen LogP contribution in [0.3, 0.4) is 0 Å². The lowest BCUT2D eigenvalue weighted by molar-refractivity contribution is -0.154. The topological polar surface area (TPSA) is 55.6 Å². The Morgan fingerprint density at radius 2 is 2.22 bits per heavy atom. The van der Waals surface area contributed by atoms with Crippen LogP contribution in [0.1, 0.15) is 46.0 Å². The highest BCUT2D eigenvalue weighted by Crippen LogP contribution is 2.33. The predicted octanol–water partition coefficient (Wildman–Crippen LogP) is 1.53. The summed E-state index contributed by atoms with van der Waals surface area (Å²) in [6.45, 7) is 6.16. The van der Waals surface area contributed by atoms with Crippen molar-refractivity contribution in [3.63, 3.8) is 0 Å². The van der Waals surface area contributed by atoms with Crippen LogP contribution in [0.4, 0.5) is 0 Å². The van der Waals surface area contributed by atoms with Crippen LogP contribution in [0, 0.1) is 5.92 Å². The molecule has 1 aliphatic heterocycles. The maximum atomic E-state index is 12.7. The van der Waals surface area contributed by atoms with E-state index in [-0.39, 0.29) is 5.91 Å². The Morgan fingerprint density at radius 1 is 1.44 bits per heavy atom. The van der Waals surface area contributed by atoms with Crippen LogP contribution in [-0.2, 0) is 9.53 Å². The highest BCUT2D eigenvalue weighted by Gasteiger charge is 2.44. The lowest BCUT2D eigenvalue weighted by Gasteiger charge is -2.37. The fraction of sp³-hybridized carbons (Fsp3) is 0.929. The minimum atomic E-state index is -0.586. The van der Waals surface area contributed by atoms with E-state index in [1.54, 1.807) is 0 Å². The third-order valence-corrected chi connectivity index (χ3v) is 4.59. The number of hydrogen-bond donors (Lipinski definition) is 1. The van der Waals surface area contributed by atoms with E-state index in [1.807, 2.05) is 11.8 Å². The molecule has 0 radical (unpaired) electrons. The summed E-state index contributed by atoms with van der Waals surface area (Å²) in [5.74, 6) is 0.645. The van der Waals surface area contributed by atoms with E-state index in [1.165, 1.54) is 6.42 Å². The van der Waals surface area contributed by atoms with Crippen LogP contribution in [0.2, 0.25) is 0 Å². The molecule has 0 aromatic heterocycles. The van der Waals surface area contributed by atoms with Crippen LogP contribution in [-0.4, -0.2) is 42.1 Å². The van der Waals surface area contributed by atoms with E-state index in [0.717, 1.165) is 32.2 Å². The minimum Gasteiger partial charge on any atom is -0.365 e. The molecule has 2 N–H and O–H groups in total. The number of likely N-dealkylation sites (N-methyl/N-ethyl adjacent to an activating group) is 1. The third kappa shape index (κ3) is 2.41. The number of nitrogens with zero attached hydrogens (tertiary/aromatic N) is 1. The smallest absolute Gasteiger partial charge is 0.254 e. The van der Waals surface area contributed by atoms with Crippen molar-refractivity contribution in [2.24, 2.45) is 11.7 Å². The number of carbonyl (C=O) groups excluding carboxylic acids is 1. The minimum absolute atomic E-state index is 0.174. The summed E-state index contributed by atoms with van der Waals surface area (Å²) in [4.78, 5) is 14.7. The van der Waals surface area contributed by atoms with E-state index in [9.17, 15) is 4.79 Å². The van der Waals surface area contributed by atoms with Gasteiger partial charge in [0.05, 0.1) is 0 Å². The van der Waals surface area contributed by atoms with Crippen molar-refractivity contribution in [3.05, 3.63) is 0 Å². The Labute approximate surface area is 110 Å². The van der Waals surface area contributed by atoms with Gasteiger partial charge in [-0.05, 0) is 52.0 Å². The van der Waals surface area contributed by atoms with Crippen molar-refractivity contribution in [3.8, 4) is 0 Å². The molecule has 1 saturated carbocycles. The maximum Gasteiger partial charge on any atom is 0.254 e. The summed E-state index contributed by atoms with van der Waals surface area (Å²) in [5.41, 5.74) is 5.25. The molecule has 1 saturated heterocycles. The average molecular weight is 254 g/mol. The Morgan fingerprint density at radius 3 is 2.78 bits per heavy atom. The summed E-state index contributed by atoms with van der Waals surface area (Å²) in [5, 5.41) is 0. The lowest BCUT2D eigenvalue weighted by Crippen LogP contribution is -2.52. The second-order valence-corrected chi connectivity index (χ2v) is 5.77. The number of ether oxygens (including phenoxy) is 1. The molecule has 18 heavy (non-hydrogen) atoms. The summed E-state index contributed by atoms with van der Waals surface area (Å²) in [6, 6.07) is 0.327. The van der Waals surface area contributed by atoms with E-state index in [0.29, 0.717) is 25.1 Å². The van der Waals surface area contributed by atoms with Crippen LogP contribution < -0.4 is 5.73 Å². The molecule has 0 aromatic carbocycles. The number of hydrogen-bond acceptors (Lipinski definition) is 3. The van der Waals surface area contributed by atoms with Gasteiger partial charge in [0.2, 0.25) is 0 Å². The highest BCUT2D eigenvalue weighted by atomic mass is 16.5. The van der Waals surface area contributed by atoms with Crippen LogP contribution >= 0.6 is 0 Å². The third-order valence-electron chi connectivity index (χ3n) is 4.59. The molecule has 2 aliphatic rings. The first-order valence-corrected chi connectivity index (χ1v) is 7.27. The van der Waals surface area contributed by atoms with Crippen molar-refractivity contribution in [1.29, 1.82) is 0 Å². The van der Waals surface area contributed by atoms with Gasteiger partial charge in [-0.15, -0.1) is 0 Å². The van der Waals surface area contributed by atoms with Gasteiger partial charge in [0.1, 0.15) is 5.60 Å². The fourth-order valence-electron chi connectivity index (χ4n) is 3.48. The quantitative estimate of drug-likeness (QED) is 0.828. The number of carbonyl (C=O) groups is 1. The van der Waals surface area contributed by atoms with Gasteiger partial charge in [-0.1, -0.05) is 6.42 Å². The standard InChI is InChI=1S/C14H26N2O2/c1-3-16(12-7-4-6-11(12)10-15)13(17)14(2)8-5-9-18-14/h11-12H,3-10,15H2,1-2H3. The molecule has 1 amide bonds.